The van der Waals surface area contributed by atoms with Crippen molar-refractivity contribution in [2.24, 2.45) is 17.7 Å². The van der Waals surface area contributed by atoms with E-state index in [-0.39, 0.29) is 5.54 Å². The summed E-state index contributed by atoms with van der Waals surface area (Å²) in [6.45, 7) is 14.3. The van der Waals surface area contributed by atoms with Gasteiger partial charge in [0, 0.05) is 12.1 Å². The lowest BCUT2D eigenvalue weighted by Gasteiger charge is -2.37. The second-order valence-corrected chi connectivity index (χ2v) is 5.46. The van der Waals surface area contributed by atoms with E-state index >= 15 is 0 Å². The minimum atomic E-state index is 0.123. The summed E-state index contributed by atoms with van der Waals surface area (Å²) in [7, 11) is 0. The zero-order valence-corrected chi connectivity index (χ0v) is 10.1. The molecule has 0 aliphatic rings. The molecule has 0 amide bonds. The van der Waals surface area contributed by atoms with Crippen LogP contribution in [0.25, 0.3) is 0 Å². The lowest BCUT2D eigenvalue weighted by atomic mass is 9.91. The second-order valence-electron chi connectivity index (χ2n) is 5.46. The maximum absolute atomic E-state index is 6.03. The van der Waals surface area contributed by atoms with Crippen molar-refractivity contribution in [2.45, 2.75) is 53.5 Å². The first-order chi connectivity index (χ1) is 5.75. The van der Waals surface area contributed by atoms with Gasteiger partial charge in [-0.1, -0.05) is 27.7 Å². The number of nitrogens with zero attached hydrogens (tertiary/aromatic N) is 1. The predicted octanol–water partition coefficient (Wildman–Crippen LogP) is 2.64. The van der Waals surface area contributed by atoms with Crippen LogP contribution in [0.4, 0.5) is 0 Å². The van der Waals surface area contributed by atoms with E-state index in [1.165, 1.54) is 0 Å². The van der Waals surface area contributed by atoms with Gasteiger partial charge in [0.05, 0.1) is 0 Å². The van der Waals surface area contributed by atoms with E-state index in [0.717, 1.165) is 13.0 Å². The van der Waals surface area contributed by atoms with Crippen molar-refractivity contribution >= 4 is 0 Å². The molecule has 0 heterocycles. The van der Waals surface area contributed by atoms with E-state index in [4.69, 9.17) is 5.84 Å². The average molecular weight is 186 g/mol. The first-order valence-electron chi connectivity index (χ1n) is 5.28. The van der Waals surface area contributed by atoms with Crippen LogP contribution in [-0.2, 0) is 0 Å². The molecule has 0 aliphatic heterocycles. The topological polar surface area (TPSA) is 29.3 Å². The molecule has 2 heteroatoms. The Hall–Kier alpha value is -0.0800. The number of hydrazine groups is 1. The molecule has 0 aliphatic carbocycles. The van der Waals surface area contributed by atoms with Crippen LogP contribution in [0.1, 0.15) is 48.0 Å². The predicted molar refractivity (Wildman–Crippen MR) is 59.3 cm³/mol. The fraction of sp³-hybridized carbons (Fsp3) is 1.00. The SMILES string of the molecule is CC(C)CN(N)C(C)(C)CC(C)C. The molecule has 2 N–H and O–H groups in total. The van der Waals surface area contributed by atoms with Gasteiger partial charge in [-0.05, 0) is 32.1 Å². The van der Waals surface area contributed by atoms with E-state index in [2.05, 4.69) is 41.5 Å². The molecular formula is C11H26N2. The molecule has 80 valence electrons. The van der Waals surface area contributed by atoms with Crippen molar-refractivity contribution in [1.82, 2.24) is 5.01 Å². The van der Waals surface area contributed by atoms with Gasteiger partial charge >= 0.3 is 0 Å². The molecule has 0 unspecified atom stereocenters. The Morgan fingerprint density at radius 2 is 1.54 bits per heavy atom. The maximum atomic E-state index is 6.03. The molecule has 0 aromatic rings. The number of hydrogen-bond acceptors (Lipinski definition) is 2. The lowest BCUT2D eigenvalue weighted by Crippen LogP contribution is -2.51. The number of rotatable bonds is 5. The van der Waals surface area contributed by atoms with Crippen LogP contribution >= 0.6 is 0 Å². The van der Waals surface area contributed by atoms with Crippen LogP contribution in [0.2, 0.25) is 0 Å². The van der Waals surface area contributed by atoms with Gasteiger partial charge in [-0.3, -0.25) is 5.84 Å². The molecule has 13 heavy (non-hydrogen) atoms. The standard InChI is InChI=1S/C11H26N2/c1-9(2)7-11(5,6)13(12)8-10(3)4/h9-10H,7-8,12H2,1-6H3. The third-order valence-electron chi connectivity index (χ3n) is 2.25. The van der Waals surface area contributed by atoms with Crippen molar-refractivity contribution in [3.8, 4) is 0 Å². The summed E-state index contributed by atoms with van der Waals surface area (Å²) < 4.78 is 0. The normalized spacial score (nSPS) is 13.4. The van der Waals surface area contributed by atoms with E-state index < -0.39 is 0 Å². The third kappa shape index (κ3) is 5.27. The van der Waals surface area contributed by atoms with Crippen molar-refractivity contribution < 1.29 is 0 Å². The van der Waals surface area contributed by atoms with E-state index in [0.29, 0.717) is 11.8 Å². The Kier molecular flexibility index (Phi) is 4.93. The van der Waals surface area contributed by atoms with E-state index in [1.807, 2.05) is 5.01 Å². The Labute approximate surface area is 83.5 Å². The van der Waals surface area contributed by atoms with Crippen LogP contribution in [0.3, 0.4) is 0 Å². The second kappa shape index (κ2) is 4.97. The van der Waals surface area contributed by atoms with Crippen molar-refractivity contribution in [1.29, 1.82) is 0 Å². The zero-order valence-electron chi connectivity index (χ0n) is 10.1. The van der Waals surface area contributed by atoms with Gasteiger partial charge < -0.3 is 0 Å². The number of nitrogens with two attached hydrogens (primary N) is 1. The van der Waals surface area contributed by atoms with Crippen LogP contribution in [0.5, 0.6) is 0 Å². The molecule has 0 aromatic carbocycles. The zero-order chi connectivity index (χ0) is 10.6. The highest BCUT2D eigenvalue weighted by molar-refractivity contribution is 4.79. The van der Waals surface area contributed by atoms with Crippen molar-refractivity contribution in [3.63, 3.8) is 0 Å². The Morgan fingerprint density at radius 3 is 1.85 bits per heavy atom. The Morgan fingerprint density at radius 1 is 1.08 bits per heavy atom. The highest BCUT2D eigenvalue weighted by atomic mass is 15.4. The van der Waals surface area contributed by atoms with Crippen molar-refractivity contribution in [3.05, 3.63) is 0 Å². The molecular weight excluding hydrogens is 160 g/mol. The van der Waals surface area contributed by atoms with Gasteiger partial charge in [0.25, 0.3) is 0 Å². The quantitative estimate of drug-likeness (QED) is 0.528. The van der Waals surface area contributed by atoms with Crippen LogP contribution < -0.4 is 5.84 Å². The van der Waals surface area contributed by atoms with Gasteiger partial charge in [-0.2, -0.15) is 0 Å². The Balaban J connectivity index is 4.10. The van der Waals surface area contributed by atoms with Crippen molar-refractivity contribution in [2.75, 3.05) is 6.54 Å². The van der Waals surface area contributed by atoms with Gasteiger partial charge in [-0.15, -0.1) is 0 Å². The fourth-order valence-electron chi connectivity index (χ4n) is 1.76. The summed E-state index contributed by atoms with van der Waals surface area (Å²) in [5.41, 5.74) is 0.123. The summed E-state index contributed by atoms with van der Waals surface area (Å²) in [6.07, 6.45) is 1.15. The summed E-state index contributed by atoms with van der Waals surface area (Å²) in [5, 5.41) is 1.98. The molecule has 0 saturated heterocycles. The average Bonchev–Trinajstić information content (AvgIpc) is 1.81. The van der Waals surface area contributed by atoms with Gasteiger partial charge in [0.2, 0.25) is 0 Å². The van der Waals surface area contributed by atoms with Crippen LogP contribution in [-0.4, -0.2) is 17.1 Å². The molecule has 0 fully saturated rings. The molecule has 0 rings (SSSR count). The van der Waals surface area contributed by atoms with E-state index in [1.54, 1.807) is 0 Å². The highest BCUT2D eigenvalue weighted by Gasteiger charge is 2.25. The molecule has 0 radical (unpaired) electrons. The fourth-order valence-corrected chi connectivity index (χ4v) is 1.76. The molecule has 0 spiro atoms. The maximum Gasteiger partial charge on any atom is 0.0298 e. The molecule has 0 aromatic heterocycles. The minimum Gasteiger partial charge on any atom is -0.268 e. The van der Waals surface area contributed by atoms with Gasteiger partial charge in [-0.25, -0.2) is 5.01 Å². The highest BCUT2D eigenvalue weighted by Crippen LogP contribution is 2.21. The minimum absolute atomic E-state index is 0.123. The smallest absolute Gasteiger partial charge is 0.0298 e. The van der Waals surface area contributed by atoms with Gasteiger partial charge in [0.1, 0.15) is 0 Å². The summed E-state index contributed by atoms with van der Waals surface area (Å²) in [5.74, 6) is 7.37. The van der Waals surface area contributed by atoms with Crippen LogP contribution in [0, 0.1) is 11.8 Å². The first-order valence-corrected chi connectivity index (χ1v) is 5.28. The summed E-state index contributed by atoms with van der Waals surface area (Å²) in [6, 6.07) is 0. The summed E-state index contributed by atoms with van der Waals surface area (Å²) >= 11 is 0. The van der Waals surface area contributed by atoms with Crippen LogP contribution in [0.15, 0.2) is 0 Å². The Bertz CT molecular complexity index is 139. The monoisotopic (exact) mass is 186 g/mol. The molecule has 2 nitrogen and oxygen atoms in total. The lowest BCUT2D eigenvalue weighted by molar-refractivity contribution is 0.0855. The number of hydrogen-bond donors (Lipinski definition) is 1. The first kappa shape index (κ1) is 12.9. The molecule has 0 saturated carbocycles. The summed E-state index contributed by atoms with van der Waals surface area (Å²) in [4.78, 5) is 0. The van der Waals surface area contributed by atoms with E-state index in [9.17, 15) is 0 Å². The molecule has 0 atom stereocenters. The largest absolute Gasteiger partial charge is 0.268 e. The van der Waals surface area contributed by atoms with Gasteiger partial charge in [0.15, 0.2) is 0 Å². The molecule has 0 bridgehead atoms. The third-order valence-corrected chi connectivity index (χ3v) is 2.25.